The average molecular weight is 371 g/mol. The summed E-state index contributed by atoms with van der Waals surface area (Å²) in [5.74, 6) is -1.88. The second-order valence-electron chi connectivity index (χ2n) is 5.42. The predicted octanol–water partition coefficient (Wildman–Crippen LogP) is 1.44. The van der Waals surface area contributed by atoms with Crippen molar-refractivity contribution in [3.63, 3.8) is 0 Å². The van der Waals surface area contributed by atoms with Gasteiger partial charge in [-0.3, -0.25) is 24.5 Å². The second kappa shape index (κ2) is 9.66. The number of carbonyl (C=O) groups excluding carboxylic acids is 3. The third kappa shape index (κ3) is 6.58. The summed E-state index contributed by atoms with van der Waals surface area (Å²) in [6.07, 6.45) is 0.117. The Balaban J connectivity index is 1.73. The van der Waals surface area contributed by atoms with Gasteiger partial charge in [0.2, 0.25) is 5.91 Å². The number of benzene rings is 2. The lowest BCUT2D eigenvalue weighted by atomic mass is 10.1. The number of ether oxygens (including phenoxy) is 1. The molecule has 27 heavy (non-hydrogen) atoms. The summed E-state index contributed by atoms with van der Waals surface area (Å²) in [5, 5.41) is 15.6. The molecule has 2 N–H and O–H groups in total. The van der Waals surface area contributed by atoms with Crippen molar-refractivity contribution in [3.8, 4) is 0 Å². The lowest BCUT2D eigenvalue weighted by molar-refractivity contribution is -0.383. The highest BCUT2D eigenvalue weighted by Crippen LogP contribution is 2.22. The highest BCUT2D eigenvalue weighted by molar-refractivity contribution is 5.95. The van der Waals surface area contributed by atoms with Gasteiger partial charge < -0.3 is 15.4 Å². The molecule has 2 aromatic rings. The van der Waals surface area contributed by atoms with E-state index < -0.39 is 23.4 Å². The highest BCUT2D eigenvalue weighted by atomic mass is 16.6. The van der Waals surface area contributed by atoms with Gasteiger partial charge in [0.05, 0.1) is 11.3 Å². The van der Waals surface area contributed by atoms with Crippen molar-refractivity contribution < 1.29 is 24.0 Å². The van der Waals surface area contributed by atoms with Crippen molar-refractivity contribution in [3.05, 3.63) is 70.3 Å². The number of hydrogen-bond donors (Lipinski definition) is 2. The van der Waals surface area contributed by atoms with Gasteiger partial charge in [0.15, 0.2) is 6.61 Å². The Morgan fingerprint density at radius 1 is 0.963 bits per heavy atom. The molecular formula is C18H17N3O6. The van der Waals surface area contributed by atoms with Crippen molar-refractivity contribution in [1.82, 2.24) is 5.32 Å². The van der Waals surface area contributed by atoms with E-state index in [1.165, 1.54) is 24.3 Å². The number of amides is 2. The minimum Gasteiger partial charge on any atom is -0.454 e. The van der Waals surface area contributed by atoms with Crippen LogP contribution in [-0.4, -0.2) is 35.9 Å². The number of nitro benzene ring substituents is 1. The molecule has 0 heterocycles. The van der Waals surface area contributed by atoms with Crippen LogP contribution in [0.5, 0.6) is 0 Å². The molecule has 0 aromatic heterocycles. The lowest BCUT2D eigenvalue weighted by Gasteiger charge is -2.08. The summed E-state index contributed by atoms with van der Waals surface area (Å²) in [5.41, 5.74) is 0.525. The Bertz CT molecular complexity index is 838. The first-order chi connectivity index (χ1) is 13.0. The number of nitro groups is 1. The predicted molar refractivity (Wildman–Crippen MR) is 95.8 cm³/mol. The third-order valence-electron chi connectivity index (χ3n) is 3.38. The van der Waals surface area contributed by atoms with Gasteiger partial charge in [-0.05, 0) is 11.6 Å². The zero-order valence-corrected chi connectivity index (χ0v) is 14.2. The summed E-state index contributed by atoms with van der Waals surface area (Å²) in [6, 6.07) is 14.6. The molecule has 140 valence electrons. The van der Waals surface area contributed by atoms with Gasteiger partial charge in [-0.25, -0.2) is 0 Å². The zero-order chi connectivity index (χ0) is 19.6. The number of carbonyl (C=O) groups is 3. The van der Waals surface area contributed by atoms with Crippen LogP contribution in [0.3, 0.4) is 0 Å². The Morgan fingerprint density at radius 2 is 1.63 bits per heavy atom. The van der Waals surface area contributed by atoms with Crippen LogP contribution in [0.25, 0.3) is 0 Å². The Kier molecular flexibility index (Phi) is 7.00. The number of hydrogen-bond acceptors (Lipinski definition) is 6. The molecule has 9 nitrogen and oxygen atoms in total. The third-order valence-corrected chi connectivity index (χ3v) is 3.38. The molecule has 2 amide bonds. The van der Waals surface area contributed by atoms with Crippen LogP contribution in [0.2, 0.25) is 0 Å². The summed E-state index contributed by atoms with van der Waals surface area (Å²) in [4.78, 5) is 45.4. The first-order valence-corrected chi connectivity index (χ1v) is 7.95. The molecule has 9 heteroatoms. The van der Waals surface area contributed by atoms with Gasteiger partial charge in [0, 0.05) is 6.07 Å². The number of esters is 1. The van der Waals surface area contributed by atoms with Gasteiger partial charge in [-0.15, -0.1) is 0 Å². The van der Waals surface area contributed by atoms with E-state index in [-0.39, 0.29) is 30.2 Å². The fourth-order valence-corrected chi connectivity index (χ4v) is 2.14. The Hall–Kier alpha value is -3.75. The molecule has 2 aromatic carbocycles. The van der Waals surface area contributed by atoms with Gasteiger partial charge in [0.25, 0.3) is 11.6 Å². The molecule has 0 saturated heterocycles. The molecule has 0 aliphatic rings. The molecule has 0 spiro atoms. The first-order valence-electron chi connectivity index (χ1n) is 7.95. The number of nitrogens with zero attached hydrogens (tertiary/aromatic N) is 1. The van der Waals surface area contributed by atoms with E-state index >= 15 is 0 Å². The number of para-hydroxylation sites is 2. The van der Waals surface area contributed by atoms with Crippen molar-refractivity contribution in [1.29, 1.82) is 0 Å². The van der Waals surface area contributed by atoms with E-state index in [0.29, 0.717) is 0 Å². The largest absolute Gasteiger partial charge is 0.454 e. The van der Waals surface area contributed by atoms with E-state index in [4.69, 9.17) is 4.74 Å². The summed E-state index contributed by atoms with van der Waals surface area (Å²) >= 11 is 0. The average Bonchev–Trinajstić information content (AvgIpc) is 2.66. The van der Waals surface area contributed by atoms with Gasteiger partial charge in [-0.2, -0.15) is 0 Å². The molecule has 0 bridgehead atoms. The second-order valence-corrected chi connectivity index (χ2v) is 5.42. The molecule has 0 atom stereocenters. The Morgan fingerprint density at radius 3 is 2.33 bits per heavy atom. The molecular weight excluding hydrogens is 354 g/mol. The standard InChI is InChI=1S/C18H17N3O6/c22-16(10-13-6-2-1-3-7-13)19-11-18(24)27-12-17(23)20-14-8-4-5-9-15(14)21(25)26/h1-9H,10-12H2,(H,19,22)(H,20,23). The molecule has 0 fully saturated rings. The number of nitrogens with one attached hydrogen (secondary N) is 2. The zero-order valence-electron chi connectivity index (χ0n) is 14.2. The maximum absolute atomic E-state index is 11.8. The molecule has 0 unspecified atom stereocenters. The molecule has 0 aliphatic carbocycles. The fraction of sp³-hybridized carbons (Fsp3) is 0.167. The molecule has 0 radical (unpaired) electrons. The maximum atomic E-state index is 11.8. The van der Waals surface area contributed by atoms with Gasteiger partial charge >= 0.3 is 5.97 Å². The summed E-state index contributed by atoms with van der Waals surface area (Å²) in [7, 11) is 0. The van der Waals surface area contributed by atoms with Crippen molar-refractivity contribution >= 4 is 29.2 Å². The van der Waals surface area contributed by atoms with E-state index in [0.717, 1.165) is 5.56 Å². The topological polar surface area (TPSA) is 128 Å². The maximum Gasteiger partial charge on any atom is 0.325 e. The van der Waals surface area contributed by atoms with E-state index in [1.54, 1.807) is 24.3 Å². The van der Waals surface area contributed by atoms with Crippen molar-refractivity contribution in [2.75, 3.05) is 18.5 Å². The fourth-order valence-electron chi connectivity index (χ4n) is 2.14. The number of rotatable bonds is 8. The van der Waals surface area contributed by atoms with E-state index in [9.17, 15) is 24.5 Å². The van der Waals surface area contributed by atoms with Crippen LogP contribution >= 0.6 is 0 Å². The van der Waals surface area contributed by atoms with Crippen LogP contribution in [0.1, 0.15) is 5.56 Å². The van der Waals surface area contributed by atoms with Crippen LogP contribution in [0.4, 0.5) is 11.4 Å². The summed E-state index contributed by atoms with van der Waals surface area (Å²) < 4.78 is 4.74. The lowest BCUT2D eigenvalue weighted by Crippen LogP contribution is -2.33. The van der Waals surface area contributed by atoms with E-state index in [1.807, 2.05) is 6.07 Å². The monoisotopic (exact) mass is 371 g/mol. The SMILES string of the molecule is O=C(Cc1ccccc1)NCC(=O)OCC(=O)Nc1ccccc1[N+](=O)[O-]. The normalized spacial score (nSPS) is 9.93. The van der Waals surface area contributed by atoms with E-state index in [2.05, 4.69) is 10.6 Å². The van der Waals surface area contributed by atoms with Crippen molar-refractivity contribution in [2.45, 2.75) is 6.42 Å². The first kappa shape index (κ1) is 19.6. The minimum atomic E-state index is -0.797. The highest BCUT2D eigenvalue weighted by Gasteiger charge is 2.16. The van der Waals surface area contributed by atoms with Crippen LogP contribution in [0, 0.1) is 10.1 Å². The molecule has 0 saturated carbocycles. The molecule has 0 aliphatic heterocycles. The quantitative estimate of drug-likeness (QED) is 0.410. The molecule has 2 rings (SSSR count). The smallest absolute Gasteiger partial charge is 0.325 e. The summed E-state index contributed by atoms with van der Waals surface area (Å²) in [6.45, 7) is -1.01. The van der Waals surface area contributed by atoms with Crippen LogP contribution < -0.4 is 10.6 Å². The number of anilines is 1. The van der Waals surface area contributed by atoms with Gasteiger partial charge in [-0.1, -0.05) is 42.5 Å². The van der Waals surface area contributed by atoms with Crippen LogP contribution in [0.15, 0.2) is 54.6 Å². The van der Waals surface area contributed by atoms with Gasteiger partial charge in [0.1, 0.15) is 12.2 Å². The van der Waals surface area contributed by atoms with Crippen molar-refractivity contribution in [2.24, 2.45) is 0 Å². The minimum absolute atomic E-state index is 0.000266. The van der Waals surface area contributed by atoms with Crippen LogP contribution in [-0.2, 0) is 25.5 Å². The Labute approximate surface area is 154 Å².